The first-order valence-corrected chi connectivity index (χ1v) is 13.2. The highest BCUT2D eigenvalue weighted by Crippen LogP contribution is 2.50. The van der Waals surface area contributed by atoms with Crippen LogP contribution in [0.15, 0.2) is 24.4 Å². The van der Waals surface area contributed by atoms with Gasteiger partial charge in [-0.2, -0.15) is 0 Å². The molecule has 2 aromatic rings. The van der Waals surface area contributed by atoms with Gasteiger partial charge in [0.2, 0.25) is 5.88 Å². The average Bonchev–Trinajstić information content (AvgIpc) is 2.85. The van der Waals surface area contributed by atoms with Crippen LogP contribution >= 0.6 is 11.6 Å². The SMILES string of the molecule is CCCCOc1nccc2cc(O[C@H]3CC[C@@](C(N)CC)(C4CCOCC4)CC3)c(Cl)cc12. The predicted molar refractivity (Wildman–Crippen MR) is 134 cm³/mol. The lowest BCUT2D eigenvalue weighted by Gasteiger charge is -2.50. The number of rotatable bonds is 9. The van der Waals surface area contributed by atoms with Crippen molar-refractivity contribution in [1.29, 1.82) is 0 Å². The highest BCUT2D eigenvalue weighted by Gasteiger charge is 2.46. The smallest absolute Gasteiger partial charge is 0.221 e. The number of halogens is 1. The molecule has 1 unspecified atom stereocenters. The molecule has 1 aliphatic heterocycles. The van der Waals surface area contributed by atoms with Gasteiger partial charge >= 0.3 is 0 Å². The van der Waals surface area contributed by atoms with Crippen molar-refractivity contribution in [3.8, 4) is 11.6 Å². The van der Waals surface area contributed by atoms with Crippen molar-refractivity contribution in [2.24, 2.45) is 17.1 Å². The van der Waals surface area contributed by atoms with Crippen molar-refractivity contribution in [2.45, 2.75) is 83.8 Å². The molecular formula is C27H39ClN2O3. The summed E-state index contributed by atoms with van der Waals surface area (Å²) in [6.07, 6.45) is 11.6. The highest BCUT2D eigenvalue weighted by molar-refractivity contribution is 6.33. The summed E-state index contributed by atoms with van der Waals surface area (Å²) in [5.74, 6) is 2.05. The standard InChI is InChI=1S/C27H39ClN2O3/c1-3-5-14-32-26-22-18-23(28)24(17-19(22)8-13-30-26)33-21-6-11-27(12-7-21,25(29)4-2)20-9-15-31-16-10-20/h8,13,17-18,20-21,25H,3-7,9-12,14-16,29H2,1-2H3/t21-,25?,27-. The average molecular weight is 475 g/mol. The number of nitrogens with two attached hydrogens (primary N) is 1. The molecule has 1 atom stereocenters. The van der Waals surface area contributed by atoms with Crippen LogP contribution in [-0.2, 0) is 4.74 Å². The van der Waals surface area contributed by atoms with Gasteiger partial charge in [-0.05, 0) is 86.3 Å². The zero-order valence-corrected chi connectivity index (χ0v) is 20.9. The van der Waals surface area contributed by atoms with Crippen LogP contribution in [0, 0.1) is 11.3 Å². The van der Waals surface area contributed by atoms with Gasteiger partial charge in [0.1, 0.15) is 5.75 Å². The minimum atomic E-state index is 0.166. The summed E-state index contributed by atoms with van der Waals surface area (Å²) >= 11 is 6.66. The van der Waals surface area contributed by atoms with E-state index >= 15 is 0 Å². The van der Waals surface area contributed by atoms with Crippen LogP contribution in [0.25, 0.3) is 10.8 Å². The quantitative estimate of drug-likeness (QED) is 0.418. The van der Waals surface area contributed by atoms with E-state index in [0.717, 1.165) is 87.5 Å². The van der Waals surface area contributed by atoms with Crippen molar-refractivity contribution < 1.29 is 14.2 Å². The maximum absolute atomic E-state index is 6.74. The van der Waals surface area contributed by atoms with E-state index in [9.17, 15) is 0 Å². The topological polar surface area (TPSA) is 66.6 Å². The molecule has 4 rings (SSSR count). The largest absolute Gasteiger partial charge is 0.489 e. The van der Waals surface area contributed by atoms with E-state index in [-0.39, 0.29) is 17.6 Å². The van der Waals surface area contributed by atoms with E-state index in [1.807, 2.05) is 18.2 Å². The van der Waals surface area contributed by atoms with Gasteiger partial charge in [0.25, 0.3) is 0 Å². The number of hydrogen-bond donors (Lipinski definition) is 1. The number of hydrogen-bond acceptors (Lipinski definition) is 5. The Hall–Kier alpha value is -1.56. The van der Waals surface area contributed by atoms with E-state index in [1.54, 1.807) is 6.20 Å². The number of fused-ring (bicyclic) bond motifs is 1. The maximum Gasteiger partial charge on any atom is 0.221 e. The molecule has 6 heteroatoms. The molecule has 0 amide bonds. The lowest BCUT2D eigenvalue weighted by molar-refractivity contribution is -0.0398. The molecule has 2 fully saturated rings. The van der Waals surface area contributed by atoms with Crippen molar-refractivity contribution in [3.05, 3.63) is 29.4 Å². The summed E-state index contributed by atoms with van der Waals surface area (Å²) < 4.78 is 18.0. The number of ether oxygens (including phenoxy) is 3. The molecule has 0 radical (unpaired) electrons. The third-order valence-electron chi connectivity index (χ3n) is 7.89. The minimum absolute atomic E-state index is 0.166. The van der Waals surface area contributed by atoms with E-state index < -0.39 is 0 Å². The Kier molecular flexibility index (Phi) is 8.37. The zero-order valence-electron chi connectivity index (χ0n) is 20.2. The first kappa shape index (κ1) is 24.6. The number of nitrogens with zero attached hydrogens (tertiary/aromatic N) is 1. The van der Waals surface area contributed by atoms with Crippen LogP contribution in [0.5, 0.6) is 11.6 Å². The van der Waals surface area contributed by atoms with Gasteiger partial charge in [0, 0.05) is 30.8 Å². The van der Waals surface area contributed by atoms with Gasteiger partial charge in [0.05, 0.1) is 17.7 Å². The summed E-state index contributed by atoms with van der Waals surface area (Å²) in [6.45, 7) is 6.77. The second-order valence-electron chi connectivity index (χ2n) is 9.77. The van der Waals surface area contributed by atoms with Crippen molar-refractivity contribution >= 4 is 22.4 Å². The monoisotopic (exact) mass is 474 g/mol. The Bertz CT molecular complexity index is 908. The number of aromatic nitrogens is 1. The minimum Gasteiger partial charge on any atom is -0.489 e. The highest BCUT2D eigenvalue weighted by atomic mass is 35.5. The van der Waals surface area contributed by atoms with Crippen molar-refractivity contribution in [1.82, 2.24) is 4.98 Å². The summed E-state index contributed by atoms with van der Waals surface area (Å²) in [4.78, 5) is 4.41. The van der Waals surface area contributed by atoms with Crippen LogP contribution in [-0.4, -0.2) is 37.0 Å². The Labute approximate surface area is 203 Å². The Morgan fingerprint density at radius 2 is 1.94 bits per heavy atom. The summed E-state index contributed by atoms with van der Waals surface area (Å²) in [6, 6.07) is 6.19. The Balaban J connectivity index is 1.46. The molecule has 0 bridgehead atoms. The molecule has 2 heterocycles. The predicted octanol–water partition coefficient (Wildman–Crippen LogP) is 6.54. The zero-order chi connectivity index (χ0) is 23.3. The molecule has 0 spiro atoms. The van der Waals surface area contributed by atoms with Crippen molar-refractivity contribution in [2.75, 3.05) is 19.8 Å². The fourth-order valence-corrected chi connectivity index (χ4v) is 6.06. The fraction of sp³-hybridized carbons (Fsp3) is 0.667. The molecule has 1 aromatic heterocycles. The van der Waals surface area contributed by atoms with Crippen molar-refractivity contribution in [3.63, 3.8) is 0 Å². The van der Waals surface area contributed by atoms with E-state index in [4.69, 9.17) is 31.5 Å². The molecule has 1 aromatic carbocycles. The third kappa shape index (κ3) is 5.41. The van der Waals surface area contributed by atoms with Gasteiger partial charge < -0.3 is 19.9 Å². The molecule has 5 nitrogen and oxygen atoms in total. The van der Waals surface area contributed by atoms with Gasteiger partial charge in [-0.15, -0.1) is 0 Å². The maximum atomic E-state index is 6.74. The Morgan fingerprint density at radius 1 is 1.18 bits per heavy atom. The first-order chi connectivity index (χ1) is 16.1. The molecular weight excluding hydrogens is 436 g/mol. The van der Waals surface area contributed by atoms with Gasteiger partial charge in [-0.3, -0.25) is 0 Å². The molecule has 33 heavy (non-hydrogen) atoms. The van der Waals surface area contributed by atoms with Crippen LogP contribution in [0.1, 0.15) is 71.6 Å². The van der Waals surface area contributed by atoms with Crippen LogP contribution in [0.2, 0.25) is 5.02 Å². The summed E-state index contributed by atoms with van der Waals surface area (Å²) in [7, 11) is 0. The molecule has 1 aliphatic carbocycles. The second kappa shape index (κ2) is 11.2. The normalized spacial score (nSPS) is 25.2. The summed E-state index contributed by atoms with van der Waals surface area (Å²) in [5, 5.41) is 2.58. The fourth-order valence-electron chi connectivity index (χ4n) is 5.85. The molecule has 182 valence electrons. The van der Waals surface area contributed by atoms with Crippen LogP contribution in [0.3, 0.4) is 0 Å². The lowest BCUT2D eigenvalue weighted by atomic mass is 9.59. The molecule has 2 aliphatic rings. The van der Waals surface area contributed by atoms with Crippen LogP contribution < -0.4 is 15.2 Å². The van der Waals surface area contributed by atoms with E-state index in [1.165, 1.54) is 0 Å². The molecule has 2 N–H and O–H groups in total. The molecule has 1 saturated carbocycles. The van der Waals surface area contributed by atoms with E-state index in [0.29, 0.717) is 23.4 Å². The number of pyridine rings is 1. The van der Waals surface area contributed by atoms with Gasteiger partial charge in [0.15, 0.2) is 0 Å². The van der Waals surface area contributed by atoms with E-state index in [2.05, 4.69) is 18.8 Å². The van der Waals surface area contributed by atoms with Gasteiger partial charge in [-0.1, -0.05) is 31.9 Å². The second-order valence-corrected chi connectivity index (χ2v) is 10.2. The Morgan fingerprint density at radius 3 is 2.64 bits per heavy atom. The molecule has 1 saturated heterocycles. The van der Waals surface area contributed by atoms with Crippen LogP contribution in [0.4, 0.5) is 0 Å². The number of unbranched alkanes of at least 4 members (excludes halogenated alkanes) is 1. The first-order valence-electron chi connectivity index (χ1n) is 12.8. The summed E-state index contributed by atoms with van der Waals surface area (Å²) in [5.41, 5.74) is 6.95. The van der Waals surface area contributed by atoms with Gasteiger partial charge in [-0.25, -0.2) is 4.98 Å². The number of benzene rings is 1. The third-order valence-corrected chi connectivity index (χ3v) is 8.18. The lowest BCUT2D eigenvalue weighted by Crippen LogP contribution is -2.51.